The first-order valence-corrected chi connectivity index (χ1v) is 9.32. The Morgan fingerprint density at radius 2 is 2.04 bits per heavy atom. The second kappa shape index (κ2) is 6.41. The minimum atomic E-state index is -3.59. The molecule has 1 aromatic carbocycles. The molecule has 1 amide bonds. The zero-order valence-electron chi connectivity index (χ0n) is 13.6. The van der Waals surface area contributed by atoms with Gasteiger partial charge in [0.2, 0.25) is 10.0 Å². The fraction of sp³-hybridized carbons (Fsp3) is 0.353. The van der Waals surface area contributed by atoms with Gasteiger partial charge in [-0.05, 0) is 56.5 Å². The lowest BCUT2D eigenvalue weighted by Crippen LogP contribution is -2.28. The third kappa shape index (κ3) is 3.68. The molecular formula is C17H20N2O4S. The molecule has 1 unspecified atom stereocenters. The standard InChI is InChI=1S/C17H20N2O4S/c1-11-5-8-14(24(21,22)19-13-6-7-13)10-15(11)17(20)18-12(2)16-4-3-9-23-16/h3-5,8-10,12-13,19H,6-7H2,1-2H3,(H,18,20). The third-order valence-corrected chi connectivity index (χ3v) is 5.50. The fourth-order valence-electron chi connectivity index (χ4n) is 2.38. The molecule has 1 aromatic heterocycles. The second-order valence-electron chi connectivity index (χ2n) is 6.08. The second-order valence-corrected chi connectivity index (χ2v) is 7.80. The molecule has 1 fully saturated rings. The molecule has 0 spiro atoms. The van der Waals surface area contributed by atoms with Crippen LogP contribution in [-0.2, 0) is 10.0 Å². The first-order chi connectivity index (χ1) is 11.4. The van der Waals surface area contributed by atoms with E-state index in [0.29, 0.717) is 16.9 Å². The van der Waals surface area contributed by atoms with Crippen molar-refractivity contribution in [3.05, 3.63) is 53.5 Å². The van der Waals surface area contributed by atoms with E-state index < -0.39 is 10.0 Å². The number of aryl methyl sites for hydroxylation is 1. The van der Waals surface area contributed by atoms with E-state index in [1.807, 2.05) is 0 Å². The summed E-state index contributed by atoms with van der Waals surface area (Å²) in [5.41, 5.74) is 1.05. The van der Waals surface area contributed by atoms with Crippen molar-refractivity contribution in [3.63, 3.8) is 0 Å². The monoisotopic (exact) mass is 348 g/mol. The summed E-state index contributed by atoms with van der Waals surface area (Å²) in [6.07, 6.45) is 3.26. The molecule has 2 N–H and O–H groups in total. The van der Waals surface area contributed by atoms with Crippen molar-refractivity contribution in [3.8, 4) is 0 Å². The van der Waals surface area contributed by atoms with E-state index in [9.17, 15) is 13.2 Å². The van der Waals surface area contributed by atoms with Crippen molar-refractivity contribution in [2.75, 3.05) is 0 Å². The summed E-state index contributed by atoms with van der Waals surface area (Å²) in [5, 5.41) is 2.82. The summed E-state index contributed by atoms with van der Waals surface area (Å²) in [5.74, 6) is 0.306. The maximum atomic E-state index is 12.5. The third-order valence-electron chi connectivity index (χ3n) is 3.98. The average Bonchev–Trinajstić information content (AvgIpc) is 3.15. The molecule has 128 valence electrons. The van der Waals surface area contributed by atoms with Gasteiger partial charge in [0.05, 0.1) is 17.2 Å². The van der Waals surface area contributed by atoms with E-state index in [1.54, 1.807) is 38.3 Å². The quantitative estimate of drug-likeness (QED) is 0.839. The van der Waals surface area contributed by atoms with Gasteiger partial charge in [0, 0.05) is 11.6 Å². The van der Waals surface area contributed by atoms with Crippen LogP contribution >= 0.6 is 0 Å². The van der Waals surface area contributed by atoms with Gasteiger partial charge >= 0.3 is 0 Å². The summed E-state index contributed by atoms with van der Waals surface area (Å²) in [6, 6.07) is 7.83. The SMILES string of the molecule is Cc1ccc(S(=O)(=O)NC2CC2)cc1C(=O)NC(C)c1ccco1. The number of hydrogen-bond donors (Lipinski definition) is 2. The van der Waals surface area contributed by atoms with Crippen LogP contribution in [0.1, 0.15) is 47.5 Å². The van der Waals surface area contributed by atoms with Crippen LogP contribution in [0.2, 0.25) is 0 Å². The summed E-state index contributed by atoms with van der Waals surface area (Å²) >= 11 is 0. The number of hydrogen-bond acceptors (Lipinski definition) is 4. The fourth-order valence-corrected chi connectivity index (χ4v) is 3.72. The van der Waals surface area contributed by atoms with Crippen LogP contribution in [0, 0.1) is 6.92 Å². The van der Waals surface area contributed by atoms with Crippen molar-refractivity contribution in [2.45, 2.75) is 43.7 Å². The minimum absolute atomic E-state index is 0.0209. The Bertz CT molecular complexity index is 839. The zero-order chi connectivity index (χ0) is 17.3. The highest BCUT2D eigenvalue weighted by molar-refractivity contribution is 7.89. The molecule has 1 aliphatic rings. The Labute approximate surface area is 141 Å². The highest BCUT2D eigenvalue weighted by Gasteiger charge is 2.28. The normalized spacial score (nSPS) is 15.9. The number of sulfonamides is 1. The van der Waals surface area contributed by atoms with Crippen molar-refractivity contribution in [1.29, 1.82) is 0 Å². The van der Waals surface area contributed by atoms with E-state index in [-0.39, 0.29) is 22.9 Å². The smallest absolute Gasteiger partial charge is 0.252 e. The van der Waals surface area contributed by atoms with Gasteiger partial charge in [-0.3, -0.25) is 4.79 Å². The van der Waals surface area contributed by atoms with Gasteiger partial charge in [-0.1, -0.05) is 6.07 Å². The molecule has 0 bridgehead atoms. The summed E-state index contributed by atoms with van der Waals surface area (Å²) in [6.45, 7) is 3.58. The first kappa shape index (κ1) is 16.7. The molecule has 0 aliphatic heterocycles. The van der Waals surface area contributed by atoms with Crippen LogP contribution in [0.15, 0.2) is 45.9 Å². The van der Waals surface area contributed by atoms with Gasteiger partial charge < -0.3 is 9.73 Å². The Balaban J connectivity index is 1.81. The highest BCUT2D eigenvalue weighted by Crippen LogP contribution is 2.23. The van der Waals surface area contributed by atoms with Gasteiger partial charge in [-0.2, -0.15) is 0 Å². The van der Waals surface area contributed by atoms with E-state index in [1.165, 1.54) is 12.1 Å². The Morgan fingerprint density at radius 1 is 1.29 bits per heavy atom. The maximum Gasteiger partial charge on any atom is 0.252 e. The van der Waals surface area contributed by atoms with Gasteiger partial charge in [-0.25, -0.2) is 13.1 Å². The van der Waals surface area contributed by atoms with Crippen LogP contribution in [0.4, 0.5) is 0 Å². The molecule has 2 aromatic rings. The lowest BCUT2D eigenvalue weighted by molar-refractivity contribution is 0.0934. The number of benzene rings is 1. The molecule has 7 heteroatoms. The van der Waals surface area contributed by atoms with Crippen LogP contribution in [0.5, 0.6) is 0 Å². The zero-order valence-corrected chi connectivity index (χ0v) is 14.4. The maximum absolute atomic E-state index is 12.5. The summed E-state index contributed by atoms with van der Waals surface area (Å²) in [7, 11) is -3.59. The van der Waals surface area contributed by atoms with Crippen LogP contribution in [0.3, 0.4) is 0 Å². The molecule has 0 saturated heterocycles. The Hall–Kier alpha value is -2.12. The number of rotatable bonds is 6. The number of carbonyl (C=O) groups excluding carboxylic acids is 1. The average molecular weight is 348 g/mol. The Kier molecular flexibility index (Phi) is 4.47. The predicted molar refractivity (Wildman–Crippen MR) is 89.1 cm³/mol. The van der Waals surface area contributed by atoms with E-state index in [4.69, 9.17) is 4.42 Å². The van der Waals surface area contributed by atoms with Crippen LogP contribution in [0.25, 0.3) is 0 Å². The van der Waals surface area contributed by atoms with Gasteiger partial charge in [0.15, 0.2) is 0 Å². The van der Waals surface area contributed by atoms with Gasteiger partial charge in [0.25, 0.3) is 5.91 Å². The molecule has 1 atom stereocenters. The Morgan fingerprint density at radius 3 is 2.67 bits per heavy atom. The van der Waals surface area contributed by atoms with Crippen LogP contribution < -0.4 is 10.0 Å². The minimum Gasteiger partial charge on any atom is -0.467 e. The van der Waals surface area contributed by atoms with E-state index in [0.717, 1.165) is 12.8 Å². The van der Waals surface area contributed by atoms with Crippen molar-refractivity contribution >= 4 is 15.9 Å². The molecule has 0 radical (unpaired) electrons. The lowest BCUT2D eigenvalue weighted by atomic mass is 10.1. The molecule has 1 aliphatic carbocycles. The number of furan rings is 1. The highest BCUT2D eigenvalue weighted by atomic mass is 32.2. The molecule has 3 rings (SSSR count). The first-order valence-electron chi connectivity index (χ1n) is 7.84. The van der Waals surface area contributed by atoms with Crippen molar-refractivity contribution < 1.29 is 17.6 Å². The number of amides is 1. The molecule has 1 saturated carbocycles. The summed E-state index contributed by atoms with van der Waals surface area (Å²) < 4.78 is 32.5. The number of carbonyl (C=O) groups is 1. The van der Waals surface area contributed by atoms with E-state index in [2.05, 4.69) is 10.0 Å². The summed E-state index contributed by atoms with van der Waals surface area (Å²) in [4.78, 5) is 12.6. The van der Waals surface area contributed by atoms with Crippen molar-refractivity contribution in [1.82, 2.24) is 10.0 Å². The lowest BCUT2D eigenvalue weighted by Gasteiger charge is -2.14. The van der Waals surface area contributed by atoms with Gasteiger partial charge in [0.1, 0.15) is 5.76 Å². The van der Waals surface area contributed by atoms with Gasteiger partial charge in [-0.15, -0.1) is 0 Å². The molecular weight excluding hydrogens is 328 g/mol. The molecule has 6 nitrogen and oxygen atoms in total. The number of nitrogens with one attached hydrogen (secondary N) is 2. The predicted octanol–water partition coefficient (Wildman–Crippen LogP) is 2.52. The van der Waals surface area contributed by atoms with Crippen LogP contribution in [-0.4, -0.2) is 20.4 Å². The largest absolute Gasteiger partial charge is 0.467 e. The molecule has 1 heterocycles. The topological polar surface area (TPSA) is 88.4 Å². The molecule has 24 heavy (non-hydrogen) atoms. The van der Waals surface area contributed by atoms with Crippen molar-refractivity contribution in [2.24, 2.45) is 0 Å². The van der Waals surface area contributed by atoms with E-state index >= 15 is 0 Å².